The standard InChI is InChI=1S/C15H19NO4/c1-10-3-4-11(9-12(10)13(17)18)16-14(19)15(5-6-15)7-8-20-2/h3-4,9H,5-8H2,1-2H3,(H,16,19)(H,17,18). The highest BCUT2D eigenvalue weighted by molar-refractivity contribution is 5.98. The van der Waals surface area contributed by atoms with Crippen LogP contribution in [-0.4, -0.2) is 30.7 Å². The second-order valence-electron chi connectivity index (χ2n) is 5.31. The minimum absolute atomic E-state index is 0.0465. The summed E-state index contributed by atoms with van der Waals surface area (Å²) in [5.74, 6) is -1.03. The van der Waals surface area contributed by atoms with Gasteiger partial charge in [-0.15, -0.1) is 0 Å². The molecule has 108 valence electrons. The maximum absolute atomic E-state index is 12.3. The Balaban J connectivity index is 2.09. The van der Waals surface area contributed by atoms with E-state index >= 15 is 0 Å². The van der Waals surface area contributed by atoms with Crippen LogP contribution in [0, 0.1) is 12.3 Å². The fourth-order valence-electron chi connectivity index (χ4n) is 2.23. The zero-order valence-corrected chi connectivity index (χ0v) is 11.7. The number of rotatable bonds is 6. The number of hydrogen-bond donors (Lipinski definition) is 2. The normalized spacial score (nSPS) is 15.7. The van der Waals surface area contributed by atoms with Gasteiger partial charge in [-0.3, -0.25) is 4.79 Å². The summed E-state index contributed by atoms with van der Waals surface area (Å²) in [4.78, 5) is 23.3. The summed E-state index contributed by atoms with van der Waals surface area (Å²) >= 11 is 0. The molecule has 2 rings (SSSR count). The first-order chi connectivity index (χ1) is 9.48. The van der Waals surface area contributed by atoms with Gasteiger partial charge < -0.3 is 15.2 Å². The first kappa shape index (κ1) is 14.5. The molecule has 0 spiro atoms. The van der Waals surface area contributed by atoms with E-state index in [0.29, 0.717) is 24.3 Å². The molecule has 20 heavy (non-hydrogen) atoms. The molecule has 0 unspecified atom stereocenters. The number of ether oxygens (including phenoxy) is 1. The van der Waals surface area contributed by atoms with E-state index in [2.05, 4.69) is 5.32 Å². The van der Waals surface area contributed by atoms with Gasteiger partial charge in [-0.05, 0) is 43.9 Å². The zero-order valence-electron chi connectivity index (χ0n) is 11.7. The van der Waals surface area contributed by atoms with Gasteiger partial charge in [0.1, 0.15) is 0 Å². The minimum Gasteiger partial charge on any atom is -0.478 e. The van der Waals surface area contributed by atoms with E-state index in [1.807, 2.05) is 0 Å². The Morgan fingerprint density at radius 2 is 2.10 bits per heavy atom. The van der Waals surface area contributed by atoms with Crippen molar-refractivity contribution in [2.45, 2.75) is 26.2 Å². The molecule has 1 fully saturated rings. The van der Waals surface area contributed by atoms with Crippen LogP contribution in [0.5, 0.6) is 0 Å². The summed E-state index contributed by atoms with van der Waals surface area (Å²) in [5, 5.41) is 11.9. The lowest BCUT2D eigenvalue weighted by Crippen LogP contribution is -2.25. The topological polar surface area (TPSA) is 75.6 Å². The molecule has 5 nitrogen and oxygen atoms in total. The summed E-state index contributed by atoms with van der Waals surface area (Å²) in [5.41, 5.74) is 1.09. The summed E-state index contributed by atoms with van der Waals surface area (Å²) in [6, 6.07) is 4.93. The molecule has 0 bridgehead atoms. The number of hydrogen-bond acceptors (Lipinski definition) is 3. The summed E-state index contributed by atoms with van der Waals surface area (Å²) in [7, 11) is 1.62. The number of methoxy groups -OCH3 is 1. The Morgan fingerprint density at radius 3 is 2.65 bits per heavy atom. The smallest absolute Gasteiger partial charge is 0.336 e. The maximum Gasteiger partial charge on any atom is 0.336 e. The number of carbonyl (C=O) groups excluding carboxylic acids is 1. The number of anilines is 1. The summed E-state index contributed by atoms with van der Waals surface area (Å²) in [6.07, 6.45) is 2.42. The Morgan fingerprint density at radius 1 is 1.40 bits per heavy atom. The largest absolute Gasteiger partial charge is 0.478 e. The number of carboxylic acids is 1. The predicted molar refractivity (Wildman–Crippen MR) is 74.9 cm³/mol. The first-order valence-corrected chi connectivity index (χ1v) is 6.63. The van der Waals surface area contributed by atoms with Crippen molar-refractivity contribution in [1.82, 2.24) is 0 Å². The first-order valence-electron chi connectivity index (χ1n) is 6.63. The van der Waals surface area contributed by atoms with E-state index in [1.54, 1.807) is 26.2 Å². The molecule has 0 aromatic heterocycles. The van der Waals surface area contributed by atoms with Crippen LogP contribution in [0.3, 0.4) is 0 Å². The zero-order chi connectivity index (χ0) is 14.8. The maximum atomic E-state index is 12.3. The average molecular weight is 277 g/mol. The fraction of sp³-hybridized carbons (Fsp3) is 0.467. The summed E-state index contributed by atoms with van der Waals surface area (Å²) in [6.45, 7) is 2.29. The highest BCUT2D eigenvalue weighted by Crippen LogP contribution is 2.49. The van der Waals surface area contributed by atoms with Gasteiger partial charge in [-0.2, -0.15) is 0 Å². The molecule has 0 saturated heterocycles. The quantitative estimate of drug-likeness (QED) is 0.837. The molecule has 1 saturated carbocycles. The minimum atomic E-state index is -0.987. The van der Waals surface area contributed by atoms with Crippen molar-refractivity contribution in [2.24, 2.45) is 5.41 Å². The van der Waals surface area contributed by atoms with Crippen molar-refractivity contribution >= 4 is 17.6 Å². The third-order valence-electron chi connectivity index (χ3n) is 3.85. The molecule has 1 aromatic rings. The lowest BCUT2D eigenvalue weighted by molar-refractivity contribution is -0.121. The van der Waals surface area contributed by atoms with Gasteiger partial charge >= 0.3 is 5.97 Å². The van der Waals surface area contributed by atoms with Crippen LogP contribution in [0.25, 0.3) is 0 Å². The third-order valence-corrected chi connectivity index (χ3v) is 3.85. The van der Waals surface area contributed by atoms with Crippen LogP contribution in [0.2, 0.25) is 0 Å². The number of aryl methyl sites for hydroxylation is 1. The van der Waals surface area contributed by atoms with Crippen molar-refractivity contribution in [1.29, 1.82) is 0 Å². The molecule has 0 aliphatic heterocycles. The van der Waals surface area contributed by atoms with Crippen molar-refractivity contribution in [3.05, 3.63) is 29.3 Å². The molecule has 0 radical (unpaired) electrons. The Kier molecular flexibility index (Phi) is 4.09. The SMILES string of the molecule is COCCC1(C(=O)Nc2ccc(C)c(C(=O)O)c2)CC1. The molecule has 1 aliphatic rings. The van der Waals surface area contributed by atoms with Crippen LogP contribution in [-0.2, 0) is 9.53 Å². The Bertz CT molecular complexity index is 535. The van der Waals surface area contributed by atoms with Crippen molar-refractivity contribution in [2.75, 3.05) is 19.0 Å². The average Bonchev–Trinajstić information content (AvgIpc) is 3.19. The third kappa shape index (κ3) is 2.99. The van der Waals surface area contributed by atoms with Gasteiger partial charge in [0.15, 0.2) is 0 Å². The van der Waals surface area contributed by atoms with Gasteiger partial charge in [0.25, 0.3) is 0 Å². The Hall–Kier alpha value is -1.88. The number of amides is 1. The van der Waals surface area contributed by atoms with E-state index in [0.717, 1.165) is 12.8 Å². The predicted octanol–water partition coefficient (Wildman–Crippen LogP) is 2.45. The molecule has 1 aromatic carbocycles. The number of carboxylic acid groups (broad SMARTS) is 1. The molecular weight excluding hydrogens is 258 g/mol. The molecule has 2 N–H and O–H groups in total. The van der Waals surface area contributed by atoms with Crippen LogP contribution in [0.15, 0.2) is 18.2 Å². The number of benzene rings is 1. The van der Waals surface area contributed by atoms with E-state index < -0.39 is 5.97 Å². The molecule has 5 heteroatoms. The van der Waals surface area contributed by atoms with Gasteiger partial charge in [-0.1, -0.05) is 6.07 Å². The molecular formula is C15H19NO4. The van der Waals surface area contributed by atoms with Crippen LogP contribution in [0.1, 0.15) is 35.2 Å². The van der Waals surface area contributed by atoms with Crippen LogP contribution in [0.4, 0.5) is 5.69 Å². The molecule has 0 heterocycles. The van der Waals surface area contributed by atoms with Crippen LogP contribution < -0.4 is 5.32 Å². The second-order valence-corrected chi connectivity index (χ2v) is 5.31. The van der Waals surface area contributed by atoms with E-state index in [-0.39, 0.29) is 16.9 Å². The highest BCUT2D eigenvalue weighted by Gasteiger charge is 2.49. The molecule has 1 aliphatic carbocycles. The Labute approximate surface area is 117 Å². The van der Waals surface area contributed by atoms with Crippen molar-refractivity contribution < 1.29 is 19.4 Å². The monoisotopic (exact) mass is 277 g/mol. The molecule has 0 atom stereocenters. The highest BCUT2D eigenvalue weighted by atomic mass is 16.5. The fourth-order valence-corrected chi connectivity index (χ4v) is 2.23. The second kappa shape index (κ2) is 5.63. The lowest BCUT2D eigenvalue weighted by atomic mass is 10.0. The van der Waals surface area contributed by atoms with Gasteiger partial charge in [0.05, 0.1) is 11.0 Å². The summed E-state index contributed by atoms with van der Waals surface area (Å²) < 4.78 is 5.03. The lowest BCUT2D eigenvalue weighted by Gasteiger charge is -2.15. The number of aromatic carboxylic acids is 1. The van der Waals surface area contributed by atoms with Gasteiger partial charge in [0.2, 0.25) is 5.91 Å². The van der Waals surface area contributed by atoms with Gasteiger partial charge in [0, 0.05) is 19.4 Å². The van der Waals surface area contributed by atoms with E-state index in [4.69, 9.17) is 9.84 Å². The van der Waals surface area contributed by atoms with Gasteiger partial charge in [-0.25, -0.2) is 4.79 Å². The van der Waals surface area contributed by atoms with Crippen molar-refractivity contribution in [3.8, 4) is 0 Å². The van der Waals surface area contributed by atoms with Crippen LogP contribution >= 0.6 is 0 Å². The van der Waals surface area contributed by atoms with E-state index in [1.165, 1.54) is 6.07 Å². The number of nitrogens with one attached hydrogen (secondary N) is 1. The molecule has 1 amide bonds. The van der Waals surface area contributed by atoms with Crippen molar-refractivity contribution in [3.63, 3.8) is 0 Å². The number of carbonyl (C=O) groups is 2. The van der Waals surface area contributed by atoms with E-state index in [9.17, 15) is 9.59 Å².